The van der Waals surface area contributed by atoms with Gasteiger partial charge < -0.3 is 10.1 Å². The molecule has 0 aromatic heterocycles. The van der Waals surface area contributed by atoms with Gasteiger partial charge in [-0.15, -0.1) is 0 Å². The molecule has 2 amide bonds. The van der Waals surface area contributed by atoms with Crippen LogP contribution in [-0.4, -0.2) is 71.3 Å². The number of allylic oxidation sites excluding steroid dienone is 4. The van der Waals surface area contributed by atoms with Crippen molar-refractivity contribution >= 4 is 18.1 Å². The monoisotopic (exact) mass is 603 g/mol. The molecule has 43 heavy (non-hydrogen) atoms. The van der Waals surface area contributed by atoms with Crippen molar-refractivity contribution in [1.82, 2.24) is 15.1 Å². The largest absolute Gasteiger partial charge is 0.444 e. The Bertz CT molecular complexity index is 1360. The number of carbonyl (C=O) groups excluding carboxylic acids is 2. The molecule has 234 valence electrons. The molecule has 2 aliphatic heterocycles. The molecule has 2 fully saturated rings. The van der Waals surface area contributed by atoms with Crippen LogP contribution in [0.3, 0.4) is 0 Å². The van der Waals surface area contributed by atoms with Crippen molar-refractivity contribution in [2.45, 2.75) is 82.7 Å². The van der Waals surface area contributed by atoms with Gasteiger partial charge in [-0.25, -0.2) is 9.18 Å². The molecule has 0 saturated carbocycles. The zero-order chi connectivity index (χ0) is 31.4. The number of halogens is 4. The summed E-state index contributed by atoms with van der Waals surface area (Å²) in [5, 5.41) is 2.74. The zero-order valence-corrected chi connectivity index (χ0v) is 25.4. The first-order valence-electron chi connectivity index (χ1n) is 15.0. The van der Waals surface area contributed by atoms with Crippen molar-refractivity contribution in [3.8, 4) is 0 Å². The van der Waals surface area contributed by atoms with E-state index in [1.807, 2.05) is 6.07 Å². The second-order valence-electron chi connectivity index (χ2n) is 13.7. The van der Waals surface area contributed by atoms with Gasteiger partial charge in [0, 0.05) is 43.4 Å². The van der Waals surface area contributed by atoms with Crippen LogP contribution in [0, 0.1) is 11.8 Å². The van der Waals surface area contributed by atoms with E-state index < -0.39 is 46.6 Å². The van der Waals surface area contributed by atoms with Gasteiger partial charge in [0.15, 0.2) is 0 Å². The first kappa shape index (κ1) is 31.3. The number of likely N-dealkylation sites (tertiary alicyclic amines) is 2. The Morgan fingerprint density at radius 3 is 2.53 bits per heavy atom. The van der Waals surface area contributed by atoms with Crippen LogP contribution in [0.1, 0.15) is 65.0 Å². The maximum Gasteiger partial charge on any atom is 0.416 e. The highest BCUT2D eigenvalue weighted by molar-refractivity contribution is 5.90. The summed E-state index contributed by atoms with van der Waals surface area (Å²) in [5.41, 5.74) is -0.616. The summed E-state index contributed by atoms with van der Waals surface area (Å²) in [5.74, 6) is -1.94. The maximum absolute atomic E-state index is 14.0. The summed E-state index contributed by atoms with van der Waals surface area (Å²) in [4.78, 5) is 31.0. The first-order chi connectivity index (χ1) is 20.0. The third-order valence-corrected chi connectivity index (χ3v) is 9.50. The van der Waals surface area contributed by atoms with Crippen LogP contribution in [0.25, 0.3) is 6.08 Å². The number of fused-ring (bicyclic) bond motifs is 2. The van der Waals surface area contributed by atoms with Crippen LogP contribution >= 0.6 is 0 Å². The second-order valence-corrected chi connectivity index (χ2v) is 13.7. The van der Waals surface area contributed by atoms with Gasteiger partial charge in [-0.05, 0) is 70.2 Å². The lowest BCUT2D eigenvalue weighted by atomic mass is 9.68. The summed E-state index contributed by atoms with van der Waals surface area (Å²) in [7, 11) is 0. The molecule has 1 N–H and O–H groups in total. The molecule has 4 aliphatic rings. The van der Waals surface area contributed by atoms with Crippen LogP contribution in [0.2, 0.25) is 0 Å². The Balaban J connectivity index is 1.32. The maximum atomic E-state index is 14.0. The van der Waals surface area contributed by atoms with E-state index in [9.17, 15) is 27.2 Å². The summed E-state index contributed by atoms with van der Waals surface area (Å²) >= 11 is 0. The molecule has 5 rings (SSSR count). The minimum atomic E-state index is -4.68. The minimum absolute atomic E-state index is 0.0519. The summed E-state index contributed by atoms with van der Waals surface area (Å²) in [6.07, 6.45) is 1.68. The SMILES string of the molecule is C[C@H]1CN(C2CN(C(=O)OC(C)(C)C)C(C)(C(=O)NCC3C=C(C(F)(F)F)C=C(F)C3)C2)CC[C@@]12C=Cc1ccccc12. The van der Waals surface area contributed by atoms with Crippen molar-refractivity contribution in [2.75, 3.05) is 26.2 Å². The van der Waals surface area contributed by atoms with Gasteiger partial charge in [0.05, 0.1) is 5.57 Å². The molecule has 3 unspecified atom stereocenters. The summed E-state index contributed by atoms with van der Waals surface area (Å²) in [6, 6.07) is 8.34. The Hall–Kier alpha value is -3.14. The van der Waals surface area contributed by atoms with E-state index in [1.165, 1.54) is 16.0 Å². The van der Waals surface area contributed by atoms with Crippen LogP contribution in [0.5, 0.6) is 0 Å². The molecule has 1 aromatic carbocycles. The average Bonchev–Trinajstić information content (AvgIpc) is 3.47. The molecule has 2 saturated heterocycles. The van der Waals surface area contributed by atoms with Crippen LogP contribution in [-0.2, 0) is 14.9 Å². The second kappa shape index (κ2) is 11.1. The average molecular weight is 604 g/mol. The highest BCUT2D eigenvalue weighted by atomic mass is 19.4. The van der Waals surface area contributed by atoms with Gasteiger partial charge in [-0.3, -0.25) is 14.6 Å². The number of hydrogen-bond donors (Lipinski definition) is 1. The lowest BCUT2D eigenvalue weighted by Crippen LogP contribution is -2.56. The summed E-state index contributed by atoms with van der Waals surface area (Å²) < 4.78 is 59.5. The van der Waals surface area contributed by atoms with E-state index in [1.54, 1.807) is 27.7 Å². The Morgan fingerprint density at radius 2 is 1.86 bits per heavy atom. The van der Waals surface area contributed by atoms with Gasteiger partial charge in [-0.2, -0.15) is 13.2 Å². The van der Waals surface area contributed by atoms with Crippen LogP contribution < -0.4 is 5.32 Å². The highest BCUT2D eigenvalue weighted by Gasteiger charge is 2.54. The topological polar surface area (TPSA) is 61.9 Å². The van der Waals surface area contributed by atoms with Crippen molar-refractivity contribution in [3.63, 3.8) is 0 Å². The number of rotatable bonds is 4. The number of benzene rings is 1. The van der Waals surface area contributed by atoms with E-state index >= 15 is 0 Å². The normalized spacial score (nSPS) is 31.1. The predicted molar refractivity (Wildman–Crippen MR) is 157 cm³/mol. The van der Waals surface area contributed by atoms with E-state index in [-0.39, 0.29) is 31.0 Å². The smallest absolute Gasteiger partial charge is 0.416 e. The standard InChI is InChI=1S/C33H41F4N3O3/c1-21-19-39(13-12-32(21)11-10-23-8-6-7-9-27(23)32)26-17-31(5,40(20-26)29(42)43-30(2,3)4)28(41)38-18-22-14-24(33(35,36)37)16-25(34)15-22/h6-11,14,16,21-22,26H,12-13,15,17-20H2,1-5H3,(H,38,41)/t21-,22?,26?,31?,32-/m0/s1. The fourth-order valence-electron chi connectivity index (χ4n) is 7.21. The number of nitrogens with zero attached hydrogens (tertiary/aromatic N) is 2. The van der Waals surface area contributed by atoms with Gasteiger partial charge in [0.2, 0.25) is 5.91 Å². The summed E-state index contributed by atoms with van der Waals surface area (Å²) in [6.45, 7) is 10.8. The molecule has 6 nitrogen and oxygen atoms in total. The molecule has 2 heterocycles. The molecular formula is C33H41F4N3O3. The third kappa shape index (κ3) is 6.12. The van der Waals surface area contributed by atoms with Gasteiger partial charge in [-0.1, -0.05) is 49.4 Å². The lowest BCUT2D eigenvalue weighted by Gasteiger charge is -2.46. The number of ether oxygens (including phenoxy) is 1. The molecule has 0 bridgehead atoms. The minimum Gasteiger partial charge on any atom is -0.444 e. The Morgan fingerprint density at radius 1 is 1.14 bits per heavy atom. The van der Waals surface area contributed by atoms with Crippen molar-refractivity contribution in [3.05, 3.63) is 65.0 Å². The zero-order valence-electron chi connectivity index (χ0n) is 25.4. The molecule has 5 atom stereocenters. The van der Waals surface area contributed by atoms with Crippen molar-refractivity contribution in [2.24, 2.45) is 11.8 Å². The molecule has 1 aromatic rings. The lowest BCUT2D eigenvalue weighted by molar-refractivity contribution is -0.131. The number of piperidine rings is 1. The van der Waals surface area contributed by atoms with Gasteiger partial charge in [0.25, 0.3) is 0 Å². The first-order valence-corrected chi connectivity index (χ1v) is 15.0. The number of nitrogens with one attached hydrogen (secondary N) is 1. The number of carbonyl (C=O) groups is 2. The molecular weight excluding hydrogens is 562 g/mol. The molecule has 10 heteroatoms. The number of hydrogen-bond acceptors (Lipinski definition) is 4. The van der Waals surface area contributed by atoms with E-state index in [0.29, 0.717) is 18.4 Å². The molecule has 1 spiro atoms. The molecule has 0 radical (unpaired) electrons. The third-order valence-electron chi connectivity index (χ3n) is 9.50. The van der Waals surface area contributed by atoms with Crippen LogP contribution in [0.15, 0.2) is 53.9 Å². The molecule has 2 aliphatic carbocycles. The van der Waals surface area contributed by atoms with E-state index in [2.05, 4.69) is 47.5 Å². The Labute approximate surface area is 250 Å². The fourth-order valence-corrected chi connectivity index (χ4v) is 7.21. The predicted octanol–water partition coefficient (Wildman–Crippen LogP) is 6.54. The van der Waals surface area contributed by atoms with Crippen LogP contribution in [0.4, 0.5) is 22.4 Å². The fraction of sp³-hybridized carbons (Fsp3) is 0.576. The number of alkyl halides is 3. The highest BCUT2D eigenvalue weighted by Crippen LogP contribution is 2.48. The quantitative estimate of drug-likeness (QED) is 0.397. The Kier molecular flexibility index (Phi) is 8.07. The van der Waals surface area contributed by atoms with Gasteiger partial charge in [0.1, 0.15) is 17.0 Å². The van der Waals surface area contributed by atoms with Crippen molar-refractivity contribution in [1.29, 1.82) is 0 Å². The number of amides is 2. The van der Waals surface area contributed by atoms with E-state index in [0.717, 1.165) is 25.6 Å². The van der Waals surface area contributed by atoms with E-state index in [4.69, 9.17) is 4.74 Å². The van der Waals surface area contributed by atoms with Crippen molar-refractivity contribution < 1.29 is 31.9 Å². The van der Waals surface area contributed by atoms with Gasteiger partial charge >= 0.3 is 12.3 Å².